The molecule has 0 amide bonds. The molecule has 1 aliphatic rings. The van der Waals surface area contributed by atoms with E-state index in [1.807, 2.05) is 6.92 Å². The third kappa shape index (κ3) is 3.15. The van der Waals surface area contributed by atoms with Crippen molar-refractivity contribution in [3.8, 4) is 0 Å². The van der Waals surface area contributed by atoms with Gasteiger partial charge in [0, 0.05) is 36.1 Å². The predicted molar refractivity (Wildman–Crippen MR) is 80.4 cm³/mol. The number of fused-ring (bicyclic) bond motifs is 1. The molecule has 0 fully saturated rings. The van der Waals surface area contributed by atoms with Crippen LogP contribution in [0.15, 0.2) is 18.2 Å². The smallest absolute Gasteiger partial charge is 0.135 e. The molecule has 0 aliphatic carbocycles. The summed E-state index contributed by atoms with van der Waals surface area (Å²) in [5.41, 5.74) is 2.72. The highest BCUT2D eigenvalue weighted by molar-refractivity contribution is 7.98. The summed E-state index contributed by atoms with van der Waals surface area (Å²) in [4.78, 5) is 9.04. The molecule has 0 bridgehead atoms. The van der Waals surface area contributed by atoms with Crippen LogP contribution in [0.4, 0.5) is 14.6 Å². The van der Waals surface area contributed by atoms with Crippen molar-refractivity contribution in [1.82, 2.24) is 9.97 Å². The molecule has 1 aliphatic heterocycles. The van der Waals surface area contributed by atoms with E-state index in [1.165, 1.54) is 12.1 Å². The van der Waals surface area contributed by atoms with E-state index in [1.54, 1.807) is 11.8 Å². The van der Waals surface area contributed by atoms with Crippen LogP contribution in [0.1, 0.15) is 29.6 Å². The molecular formula is C15H15F2N3S. The highest BCUT2D eigenvalue weighted by Crippen LogP contribution is 2.33. The first-order chi connectivity index (χ1) is 10.2. The van der Waals surface area contributed by atoms with E-state index in [-0.39, 0.29) is 0 Å². The largest absolute Gasteiger partial charge is 0.370 e. The lowest BCUT2D eigenvalue weighted by Gasteiger charge is -2.10. The van der Waals surface area contributed by atoms with E-state index in [4.69, 9.17) is 0 Å². The first kappa shape index (κ1) is 14.3. The van der Waals surface area contributed by atoms with E-state index < -0.39 is 11.6 Å². The Labute approximate surface area is 126 Å². The summed E-state index contributed by atoms with van der Waals surface area (Å²) in [5.74, 6) is 2.06. The predicted octanol–water partition coefficient (Wildman–Crippen LogP) is 3.52. The lowest BCUT2D eigenvalue weighted by atomic mass is 10.1. The molecule has 1 N–H and O–H groups in total. The molecular weight excluding hydrogens is 292 g/mol. The zero-order valence-corrected chi connectivity index (χ0v) is 12.4. The van der Waals surface area contributed by atoms with Crippen LogP contribution in [0.2, 0.25) is 0 Å². The summed E-state index contributed by atoms with van der Waals surface area (Å²) in [7, 11) is 0. The number of nitrogens with one attached hydrogen (secondary N) is 1. The number of aromatic nitrogens is 2. The van der Waals surface area contributed by atoms with Crippen molar-refractivity contribution in [2.45, 2.75) is 24.9 Å². The van der Waals surface area contributed by atoms with E-state index in [0.29, 0.717) is 17.8 Å². The van der Waals surface area contributed by atoms with Crippen molar-refractivity contribution in [2.24, 2.45) is 0 Å². The molecule has 6 heteroatoms. The number of hydrogen-bond acceptors (Lipinski definition) is 4. The molecule has 21 heavy (non-hydrogen) atoms. The molecule has 0 saturated carbocycles. The van der Waals surface area contributed by atoms with Gasteiger partial charge in [0.1, 0.15) is 23.3 Å². The minimum atomic E-state index is -0.575. The monoisotopic (exact) mass is 307 g/mol. The van der Waals surface area contributed by atoms with Crippen LogP contribution in [0.5, 0.6) is 0 Å². The van der Waals surface area contributed by atoms with E-state index in [2.05, 4.69) is 15.3 Å². The van der Waals surface area contributed by atoms with Crippen LogP contribution >= 0.6 is 11.8 Å². The molecule has 3 rings (SSSR count). The van der Waals surface area contributed by atoms with Crippen molar-refractivity contribution >= 4 is 17.6 Å². The Balaban J connectivity index is 1.93. The maximum atomic E-state index is 13.3. The summed E-state index contributed by atoms with van der Waals surface area (Å²) >= 11 is 1.80. The maximum absolute atomic E-state index is 13.3. The SMILES string of the molecule is CCNc1nc(Cc2cc(F)cc(F)c2)nc2c1CSC2. The van der Waals surface area contributed by atoms with Gasteiger partial charge in [0.2, 0.25) is 0 Å². The first-order valence-corrected chi connectivity index (χ1v) is 7.96. The van der Waals surface area contributed by atoms with Gasteiger partial charge in [-0.05, 0) is 24.6 Å². The fraction of sp³-hybridized carbons (Fsp3) is 0.333. The number of halogens is 2. The minimum absolute atomic E-state index is 0.324. The Morgan fingerprint density at radius 2 is 1.90 bits per heavy atom. The summed E-state index contributed by atoms with van der Waals surface area (Å²) < 4.78 is 26.5. The van der Waals surface area contributed by atoms with Gasteiger partial charge >= 0.3 is 0 Å². The topological polar surface area (TPSA) is 37.8 Å². The van der Waals surface area contributed by atoms with Crippen molar-refractivity contribution in [3.63, 3.8) is 0 Å². The minimum Gasteiger partial charge on any atom is -0.370 e. The van der Waals surface area contributed by atoms with Gasteiger partial charge < -0.3 is 5.32 Å². The molecule has 0 atom stereocenters. The van der Waals surface area contributed by atoms with Crippen LogP contribution in [0, 0.1) is 11.6 Å². The van der Waals surface area contributed by atoms with Crippen LogP contribution in [-0.2, 0) is 17.9 Å². The van der Waals surface area contributed by atoms with Gasteiger partial charge in [-0.1, -0.05) is 0 Å². The van der Waals surface area contributed by atoms with Gasteiger partial charge in [-0.15, -0.1) is 0 Å². The molecule has 2 aromatic rings. The Morgan fingerprint density at radius 1 is 1.14 bits per heavy atom. The molecule has 0 radical (unpaired) electrons. The lowest BCUT2D eigenvalue weighted by Crippen LogP contribution is -2.09. The Hall–Kier alpha value is -1.69. The molecule has 0 saturated heterocycles. The zero-order chi connectivity index (χ0) is 14.8. The van der Waals surface area contributed by atoms with Crippen molar-refractivity contribution in [1.29, 1.82) is 0 Å². The Bertz CT molecular complexity index is 656. The van der Waals surface area contributed by atoms with Crippen LogP contribution in [-0.4, -0.2) is 16.5 Å². The summed E-state index contributed by atoms with van der Waals surface area (Å²) in [6.45, 7) is 2.79. The second-order valence-corrected chi connectivity index (χ2v) is 5.88. The fourth-order valence-electron chi connectivity index (χ4n) is 2.39. The lowest BCUT2D eigenvalue weighted by molar-refractivity contribution is 0.580. The summed E-state index contributed by atoms with van der Waals surface area (Å²) in [6, 6.07) is 3.51. The fourth-order valence-corrected chi connectivity index (χ4v) is 3.43. The van der Waals surface area contributed by atoms with Gasteiger partial charge in [-0.25, -0.2) is 18.7 Å². The Kier molecular flexibility index (Phi) is 4.05. The number of thioether (sulfide) groups is 1. The van der Waals surface area contributed by atoms with Crippen molar-refractivity contribution in [2.75, 3.05) is 11.9 Å². The van der Waals surface area contributed by atoms with Crippen molar-refractivity contribution in [3.05, 3.63) is 52.5 Å². The first-order valence-electron chi connectivity index (χ1n) is 6.81. The second-order valence-electron chi connectivity index (χ2n) is 4.89. The van der Waals surface area contributed by atoms with Crippen LogP contribution < -0.4 is 5.32 Å². The van der Waals surface area contributed by atoms with Crippen molar-refractivity contribution < 1.29 is 8.78 Å². The van der Waals surface area contributed by atoms with E-state index in [9.17, 15) is 8.78 Å². The average molecular weight is 307 g/mol. The highest BCUT2D eigenvalue weighted by Gasteiger charge is 2.19. The van der Waals surface area contributed by atoms with E-state index >= 15 is 0 Å². The number of nitrogens with zero attached hydrogens (tertiary/aromatic N) is 2. The number of anilines is 1. The number of rotatable bonds is 4. The zero-order valence-electron chi connectivity index (χ0n) is 11.6. The quantitative estimate of drug-likeness (QED) is 0.938. The average Bonchev–Trinajstić information content (AvgIpc) is 2.86. The molecule has 1 aromatic heterocycles. The van der Waals surface area contributed by atoms with Gasteiger partial charge in [0.25, 0.3) is 0 Å². The molecule has 0 unspecified atom stereocenters. The van der Waals surface area contributed by atoms with Crippen LogP contribution in [0.25, 0.3) is 0 Å². The third-order valence-electron chi connectivity index (χ3n) is 3.25. The summed E-state index contributed by atoms with van der Waals surface area (Å²) in [6.07, 6.45) is 0.324. The highest BCUT2D eigenvalue weighted by atomic mass is 32.2. The Morgan fingerprint density at radius 3 is 2.62 bits per heavy atom. The molecule has 110 valence electrons. The number of benzene rings is 1. The normalized spacial score (nSPS) is 13.3. The standard InChI is InChI=1S/C15H15F2N3S/c1-2-18-15-12-7-21-8-13(12)19-14(20-15)5-9-3-10(16)6-11(17)4-9/h3-4,6H,2,5,7-8H2,1H3,(H,18,19,20). The molecule has 2 heterocycles. The van der Waals surface area contributed by atoms with Gasteiger partial charge in [-0.3, -0.25) is 0 Å². The number of hydrogen-bond donors (Lipinski definition) is 1. The molecule has 0 spiro atoms. The second kappa shape index (κ2) is 5.97. The van der Waals surface area contributed by atoms with E-state index in [0.717, 1.165) is 41.2 Å². The summed E-state index contributed by atoms with van der Waals surface area (Å²) in [5, 5.41) is 3.24. The van der Waals surface area contributed by atoms with Crippen LogP contribution in [0.3, 0.4) is 0 Å². The maximum Gasteiger partial charge on any atom is 0.135 e. The van der Waals surface area contributed by atoms with Gasteiger partial charge in [0.15, 0.2) is 0 Å². The molecule has 1 aromatic carbocycles. The van der Waals surface area contributed by atoms with Gasteiger partial charge in [0.05, 0.1) is 5.69 Å². The third-order valence-corrected chi connectivity index (χ3v) is 4.22. The van der Waals surface area contributed by atoms with Gasteiger partial charge in [-0.2, -0.15) is 11.8 Å². The molecule has 3 nitrogen and oxygen atoms in total.